The molecule has 1 aromatic carbocycles. The standard InChI is InChI=1S/C21H31N5O/c1-16-7-6-8-19(11-16)26-14-17(12-22-26)13-24(5)20(27)23-18-9-10-25(15-18)21(2,3)4/h6-8,11-12,14,18H,9-10,13,15H2,1-5H3,(H,23,27). The molecule has 27 heavy (non-hydrogen) atoms. The summed E-state index contributed by atoms with van der Waals surface area (Å²) in [7, 11) is 1.83. The Kier molecular flexibility index (Phi) is 5.56. The van der Waals surface area contributed by atoms with E-state index in [1.807, 2.05) is 36.3 Å². The quantitative estimate of drug-likeness (QED) is 0.900. The molecule has 6 nitrogen and oxygen atoms in total. The summed E-state index contributed by atoms with van der Waals surface area (Å²) < 4.78 is 1.85. The maximum atomic E-state index is 12.6. The fourth-order valence-corrected chi connectivity index (χ4v) is 3.47. The largest absolute Gasteiger partial charge is 0.334 e. The van der Waals surface area contributed by atoms with Crippen molar-refractivity contribution in [3.8, 4) is 5.69 Å². The van der Waals surface area contributed by atoms with Gasteiger partial charge in [0.1, 0.15) is 0 Å². The third-order valence-corrected chi connectivity index (χ3v) is 5.13. The van der Waals surface area contributed by atoms with Crippen LogP contribution in [0, 0.1) is 6.92 Å². The van der Waals surface area contributed by atoms with E-state index in [4.69, 9.17) is 0 Å². The zero-order valence-electron chi connectivity index (χ0n) is 17.1. The van der Waals surface area contributed by atoms with Gasteiger partial charge in [0, 0.05) is 43.5 Å². The van der Waals surface area contributed by atoms with Gasteiger partial charge in [-0.15, -0.1) is 0 Å². The molecule has 0 bridgehead atoms. The average Bonchev–Trinajstić information content (AvgIpc) is 3.24. The van der Waals surface area contributed by atoms with Crippen molar-refractivity contribution in [2.45, 2.75) is 52.2 Å². The fraction of sp³-hybridized carbons (Fsp3) is 0.524. The van der Waals surface area contributed by atoms with Crippen molar-refractivity contribution < 1.29 is 4.79 Å². The number of benzene rings is 1. The van der Waals surface area contributed by atoms with Crippen molar-refractivity contribution in [3.63, 3.8) is 0 Å². The number of hydrogen-bond donors (Lipinski definition) is 1. The lowest BCUT2D eigenvalue weighted by Gasteiger charge is -2.31. The number of likely N-dealkylation sites (tertiary alicyclic amines) is 1. The number of aromatic nitrogens is 2. The van der Waals surface area contributed by atoms with E-state index in [1.54, 1.807) is 4.90 Å². The van der Waals surface area contributed by atoms with Gasteiger partial charge in [0.05, 0.1) is 18.4 Å². The Morgan fingerprint density at radius 3 is 2.81 bits per heavy atom. The molecular weight excluding hydrogens is 338 g/mol. The number of urea groups is 1. The van der Waals surface area contributed by atoms with Gasteiger partial charge in [-0.05, 0) is 51.8 Å². The Hall–Kier alpha value is -2.34. The lowest BCUT2D eigenvalue weighted by molar-refractivity contribution is 0.168. The van der Waals surface area contributed by atoms with Gasteiger partial charge in [-0.3, -0.25) is 4.90 Å². The van der Waals surface area contributed by atoms with Crippen molar-refractivity contribution in [2.24, 2.45) is 0 Å². The Labute approximate surface area is 162 Å². The number of rotatable bonds is 4. The van der Waals surface area contributed by atoms with E-state index >= 15 is 0 Å². The van der Waals surface area contributed by atoms with Crippen molar-refractivity contribution >= 4 is 6.03 Å². The monoisotopic (exact) mass is 369 g/mol. The molecule has 2 aromatic rings. The highest BCUT2D eigenvalue weighted by atomic mass is 16.2. The van der Waals surface area contributed by atoms with Gasteiger partial charge in [-0.1, -0.05) is 12.1 Å². The molecule has 146 valence electrons. The second kappa shape index (κ2) is 7.72. The molecule has 3 rings (SSSR count). The lowest BCUT2D eigenvalue weighted by Crippen LogP contribution is -2.46. The summed E-state index contributed by atoms with van der Waals surface area (Å²) in [6.45, 7) is 11.2. The molecule has 1 aliphatic heterocycles. The fourth-order valence-electron chi connectivity index (χ4n) is 3.47. The van der Waals surface area contributed by atoms with Crippen LogP contribution in [0.1, 0.15) is 38.3 Å². The first-order chi connectivity index (χ1) is 12.7. The van der Waals surface area contributed by atoms with Crippen LogP contribution in [0.4, 0.5) is 4.79 Å². The van der Waals surface area contributed by atoms with Crippen molar-refractivity contribution in [1.82, 2.24) is 24.9 Å². The Balaban J connectivity index is 1.55. The maximum Gasteiger partial charge on any atom is 0.317 e. The topological polar surface area (TPSA) is 53.4 Å². The van der Waals surface area contributed by atoms with Crippen LogP contribution in [0.5, 0.6) is 0 Å². The summed E-state index contributed by atoms with van der Waals surface area (Å²) >= 11 is 0. The van der Waals surface area contributed by atoms with Crippen LogP contribution in [-0.2, 0) is 6.54 Å². The number of aryl methyl sites for hydroxylation is 1. The van der Waals surface area contributed by atoms with Crippen LogP contribution in [0.25, 0.3) is 5.69 Å². The van der Waals surface area contributed by atoms with Crippen LogP contribution >= 0.6 is 0 Å². The van der Waals surface area contributed by atoms with E-state index in [0.29, 0.717) is 6.54 Å². The zero-order valence-corrected chi connectivity index (χ0v) is 17.1. The molecule has 1 aliphatic rings. The first-order valence-corrected chi connectivity index (χ1v) is 9.59. The smallest absolute Gasteiger partial charge is 0.317 e. The van der Waals surface area contributed by atoms with Gasteiger partial charge < -0.3 is 10.2 Å². The number of nitrogens with zero attached hydrogens (tertiary/aromatic N) is 4. The molecular formula is C21H31N5O. The number of amides is 2. The van der Waals surface area contributed by atoms with Crippen LogP contribution in [0.2, 0.25) is 0 Å². The number of hydrogen-bond acceptors (Lipinski definition) is 3. The van der Waals surface area contributed by atoms with E-state index in [1.165, 1.54) is 5.56 Å². The molecule has 6 heteroatoms. The van der Waals surface area contributed by atoms with Crippen molar-refractivity contribution in [3.05, 3.63) is 47.8 Å². The summed E-state index contributed by atoms with van der Waals surface area (Å²) in [5, 5.41) is 7.60. The molecule has 0 radical (unpaired) electrons. The van der Waals surface area contributed by atoms with Crippen molar-refractivity contribution in [1.29, 1.82) is 0 Å². The second-order valence-electron chi connectivity index (χ2n) is 8.54. The molecule has 1 N–H and O–H groups in total. The van der Waals surface area contributed by atoms with Gasteiger partial charge >= 0.3 is 6.03 Å². The maximum absolute atomic E-state index is 12.6. The molecule has 0 aliphatic carbocycles. The number of carbonyl (C=O) groups excluding carboxylic acids is 1. The van der Waals surface area contributed by atoms with Gasteiger partial charge in [-0.25, -0.2) is 9.48 Å². The SMILES string of the molecule is Cc1cccc(-n2cc(CN(C)C(=O)NC3CCN(C(C)(C)C)C3)cn2)c1. The molecule has 1 aromatic heterocycles. The van der Waals surface area contributed by atoms with Gasteiger partial charge in [-0.2, -0.15) is 5.10 Å². The molecule has 0 spiro atoms. The first-order valence-electron chi connectivity index (χ1n) is 9.59. The predicted octanol–water partition coefficient (Wildman–Crippen LogP) is 3.19. The van der Waals surface area contributed by atoms with Gasteiger partial charge in [0.2, 0.25) is 0 Å². The van der Waals surface area contributed by atoms with Crippen LogP contribution in [0.3, 0.4) is 0 Å². The normalized spacial score (nSPS) is 17.9. The molecule has 2 amide bonds. The van der Waals surface area contributed by atoms with Crippen molar-refractivity contribution in [2.75, 3.05) is 20.1 Å². The summed E-state index contributed by atoms with van der Waals surface area (Å²) in [4.78, 5) is 16.7. The average molecular weight is 370 g/mol. The zero-order chi connectivity index (χ0) is 19.6. The molecule has 1 unspecified atom stereocenters. The minimum atomic E-state index is -0.0286. The van der Waals surface area contributed by atoms with Crippen LogP contribution in [-0.4, -0.2) is 57.3 Å². The molecule has 1 saturated heterocycles. The summed E-state index contributed by atoms with van der Waals surface area (Å²) in [6.07, 6.45) is 4.81. The third kappa shape index (κ3) is 4.89. The minimum absolute atomic E-state index is 0.0286. The number of nitrogens with one attached hydrogen (secondary N) is 1. The van der Waals surface area contributed by atoms with E-state index in [0.717, 1.165) is 30.8 Å². The lowest BCUT2D eigenvalue weighted by atomic mass is 10.1. The van der Waals surface area contributed by atoms with Gasteiger partial charge in [0.25, 0.3) is 0 Å². The second-order valence-corrected chi connectivity index (χ2v) is 8.54. The molecule has 1 atom stereocenters. The summed E-state index contributed by atoms with van der Waals surface area (Å²) in [5.41, 5.74) is 3.39. The minimum Gasteiger partial charge on any atom is -0.334 e. The Bertz CT molecular complexity index is 792. The van der Waals surface area contributed by atoms with E-state index < -0.39 is 0 Å². The summed E-state index contributed by atoms with van der Waals surface area (Å²) in [6, 6.07) is 8.40. The first kappa shape index (κ1) is 19.4. The van der Waals surface area contributed by atoms with E-state index in [9.17, 15) is 4.79 Å². The highest BCUT2D eigenvalue weighted by molar-refractivity contribution is 5.74. The highest BCUT2D eigenvalue weighted by Gasteiger charge is 2.31. The Morgan fingerprint density at radius 1 is 1.37 bits per heavy atom. The predicted molar refractivity (Wildman–Crippen MR) is 108 cm³/mol. The van der Waals surface area contributed by atoms with Crippen LogP contribution < -0.4 is 5.32 Å². The number of carbonyl (C=O) groups is 1. The summed E-state index contributed by atoms with van der Waals surface area (Å²) in [5.74, 6) is 0. The van der Waals surface area contributed by atoms with E-state index in [2.05, 4.69) is 55.1 Å². The molecule has 0 saturated carbocycles. The third-order valence-electron chi connectivity index (χ3n) is 5.13. The Morgan fingerprint density at radius 2 is 2.15 bits per heavy atom. The van der Waals surface area contributed by atoms with E-state index in [-0.39, 0.29) is 17.6 Å². The van der Waals surface area contributed by atoms with Gasteiger partial charge in [0.15, 0.2) is 0 Å². The van der Waals surface area contributed by atoms with Crippen LogP contribution in [0.15, 0.2) is 36.7 Å². The molecule has 1 fully saturated rings. The highest BCUT2D eigenvalue weighted by Crippen LogP contribution is 2.20. The molecule has 2 heterocycles.